The minimum Gasteiger partial charge on any atom is -0.488 e. The molecule has 0 saturated heterocycles. The Morgan fingerprint density at radius 2 is 1.59 bits per heavy atom. The molecule has 0 aliphatic rings. The number of pyridine rings is 1. The van der Waals surface area contributed by atoms with Crippen molar-refractivity contribution in [1.82, 2.24) is 25.6 Å². The standard InChI is InChI=1S/C30H27N5O3.ClH/c1-20-18-27(28(30(36)37-2)26(31-20)17-14-21-8-4-3-5-9-21)38-19-22-12-15-23(16-13-22)24-10-6-7-11-25(24)29-32-34-35-33-29;/h3-13,15-16,18H,14,17,19H2,1-2H3,(H,32,33,34,35);1H. The number of hydrogen-bond donors (Lipinski definition) is 1. The molecule has 8 nitrogen and oxygen atoms in total. The number of esters is 1. The number of aromatic amines is 1. The molecule has 0 bridgehead atoms. The van der Waals surface area contributed by atoms with E-state index in [2.05, 4.69) is 37.7 Å². The zero-order chi connectivity index (χ0) is 26.3. The van der Waals surface area contributed by atoms with Crippen molar-refractivity contribution in [3.63, 3.8) is 0 Å². The van der Waals surface area contributed by atoms with Crippen LogP contribution in [0.4, 0.5) is 0 Å². The second-order valence-electron chi connectivity index (χ2n) is 8.83. The summed E-state index contributed by atoms with van der Waals surface area (Å²) in [5, 5.41) is 14.4. The van der Waals surface area contributed by atoms with Crippen LogP contribution in [0.1, 0.15) is 32.9 Å². The van der Waals surface area contributed by atoms with Crippen LogP contribution in [0.25, 0.3) is 22.5 Å². The number of halogens is 1. The molecule has 2 aromatic heterocycles. The van der Waals surface area contributed by atoms with Gasteiger partial charge in [0.05, 0.1) is 12.8 Å². The first-order valence-corrected chi connectivity index (χ1v) is 12.3. The van der Waals surface area contributed by atoms with Crippen LogP contribution in [0.3, 0.4) is 0 Å². The van der Waals surface area contributed by atoms with Crippen molar-refractivity contribution in [2.24, 2.45) is 0 Å². The fourth-order valence-electron chi connectivity index (χ4n) is 4.38. The van der Waals surface area contributed by atoms with Crippen LogP contribution in [-0.2, 0) is 24.2 Å². The second-order valence-corrected chi connectivity index (χ2v) is 8.83. The van der Waals surface area contributed by atoms with Gasteiger partial charge in [0, 0.05) is 17.3 Å². The van der Waals surface area contributed by atoms with Crippen molar-refractivity contribution in [2.75, 3.05) is 7.11 Å². The lowest BCUT2D eigenvalue weighted by molar-refractivity contribution is 0.0593. The van der Waals surface area contributed by atoms with E-state index in [1.807, 2.05) is 73.7 Å². The number of H-pyrrole nitrogens is 1. The van der Waals surface area contributed by atoms with E-state index in [1.54, 1.807) is 6.07 Å². The number of aryl methyl sites for hydroxylation is 3. The van der Waals surface area contributed by atoms with Crippen molar-refractivity contribution in [2.45, 2.75) is 26.4 Å². The fraction of sp³-hybridized carbons (Fsp3) is 0.167. The van der Waals surface area contributed by atoms with E-state index in [4.69, 9.17) is 9.47 Å². The van der Waals surface area contributed by atoms with Crippen LogP contribution >= 0.6 is 12.4 Å². The van der Waals surface area contributed by atoms with Gasteiger partial charge in [0.2, 0.25) is 5.82 Å². The summed E-state index contributed by atoms with van der Waals surface area (Å²) in [5.74, 6) is 0.558. The van der Waals surface area contributed by atoms with Gasteiger partial charge >= 0.3 is 5.97 Å². The molecule has 0 aliphatic carbocycles. The van der Waals surface area contributed by atoms with Gasteiger partial charge in [-0.05, 0) is 47.2 Å². The molecule has 0 fully saturated rings. The maximum Gasteiger partial charge on any atom is 0.343 e. The third kappa shape index (κ3) is 6.48. The quantitative estimate of drug-likeness (QED) is 0.235. The first kappa shape index (κ1) is 27.5. The summed E-state index contributed by atoms with van der Waals surface area (Å²) < 4.78 is 11.3. The predicted molar refractivity (Wildman–Crippen MR) is 151 cm³/mol. The highest BCUT2D eigenvalue weighted by molar-refractivity contribution is 5.93. The normalized spacial score (nSPS) is 10.5. The highest BCUT2D eigenvalue weighted by atomic mass is 35.5. The molecule has 0 saturated carbocycles. The first-order chi connectivity index (χ1) is 18.6. The number of carbonyl (C=O) groups is 1. The lowest BCUT2D eigenvalue weighted by Crippen LogP contribution is -2.13. The summed E-state index contributed by atoms with van der Waals surface area (Å²) in [6.45, 7) is 2.19. The van der Waals surface area contributed by atoms with E-state index >= 15 is 0 Å². The molecule has 9 heteroatoms. The Balaban J connectivity index is 0.00000353. The zero-order valence-corrected chi connectivity index (χ0v) is 22.4. The summed E-state index contributed by atoms with van der Waals surface area (Å²) >= 11 is 0. The summed E-state index contributed by atoms with van der Waals surface area (Å²) in [7, 11) is 1.37. The smallest absolute Gasteiger partial charge is 0.343 e. The fourth-order valence-corrected chi connectivity index (χ4v) is 4.38. The molecule has 5 aromatic rings. The van der Waals surface area contributed by atoms with Crippen molar-refractivity contribution >= 4 is 18.4 Å². The first-order valence-electron chi connectivity index (χ1n) is 12.3. The SMILES string of the molecule is COC(=O)c1c(OCc2ccc(-c3ccccc3-c3nn[nH]n3)cc2)cc(C)nc1CCc1ccccc1.Cl. The number of methoxy groups -OCH3 is 1. The lowest BCUT2D eigenvalue weighted by atomic mass is 9.98. The number of carbonyl (C=O) groups excluding carboxylic acids is 1. The van der Waals surface area contributed by atoms with Gasteiger partial charge in [-0.25, -0.2) is 4.79 Å². The second kappa shape index (κ2) is 12.8. The molecule has 0 unspecified atom stereocenters. The van der Waals surface area contributed by atoms with Gasteiger partial charge in [0.25, 0.3) is 0 Å². The van der Waals surface area contributed by atoms with Gasteiger partial charge in [0.15, 0.2) is 0 Å². The minimum atomic E-state index is -0.455. The van der Waals surface area contributed by atoms with Crippen LogP contribution in [0, 0.1) is 6.92 Å². The van der Waals surface area contributed by atoms with Crippen molar-refractivity contribution in [3.05, 3.63) is 113 Å². The van der Waals surface area contributed by atoms with E-state index in [-0.39, 0.29) is 12.4 Å². The number of ether oxygens (including phenoxy) is 2. The van der Waals surface area contributed by atoms with Gasteiger partial charge in [-0.15, -0.1) is 22.6 Å². The molecule has 39 heavy (non-hydrogen) atoms. The number of aromatic nitrogens is 5. The number of nitrogens with one attached hydrogen (secondary N) is 1. The Hall–Kier alpha value is -4.56. The summed E-state index contributed by atoms with van der Waals surface area (Å²) in [5.41, 5.74) is 6.88. The summed E-state index contributed by atoms with van der Waals surface area (Å²) in [4.78, 5) is 17.4. The monoisotopic (exact) mass is 541 g/mol. The van der Waals surface area contributed by atoms with E-state index in [0.29, 0.717) is 35.9 Å². The largest absolute Gasteiger partial charge is 0.488 e. The van der Waals surface area contributed by atoms with Gasteiger partial charge in [0.1, 0.15) is 17.9 Å². The molecule has 0 atom stereocenters. The highest BCUT2D eigenvalue weighted by Crippen LogP contribution is 2.30. The molecule has 1 N–H and O–H groups in total. The highest BCUT2D eigenvalue weighted by Gasteiger charge is 2.21. The van der Waals surface area contributed by atoms with E-state index in [0.717, 1.165) is 34.4 Å². The average molecular weight is 542 g/mol. The molecule has 3 aromatic carbocycles. The van der Waals surface area contributed by atoms with Gasteiger partial charge in [-0.2, -0.15) is 5.21 Å². The molecule has 198 valence electrons. The maximum atomic E-state index is 12.8. The predicted octanol–water partition coefficient (Wildman–Crippen LogP) is 5.81. The van der Waals surface area contributed by atoms with Crippen LogP contribution < -0.4 is 4.74 Å². The Bertz CT molecular complexity index is 1520. The van der Waals surface area contributed by atoms with Crippen LogP contribution in [-0.4, -0.2) is 38.7 Å². The van der Waals surface area contributed by atoms with Crippen molar-refractivity contribution in [3.8, 4) is 28.3 Å². The Morgan fingerprint density at radius 1 is 0.872 bits per heavy atom. The number of tetrazole rings is 1. The number of hydrogen-bond acceptors (Lipinski definition) is 7. The number of benzene rings is 3. The third-order valence-electron chi connectivity index (χ3n) is 6.24. The van der Waals surface area contributed by atoms with E-state index in [1.165, 1.54) is 12.7 Å². The Morgan fingerprint density at radius 3 is 2.28 bits per heavy atom. The lowest BCUT2D eigenvalue weighted by Gasteiger charge is -2.15. The molecular formula is C30H28ClN5O3. The Kier molecular flexibility index (Phi) is 9.01. The van der Waals surface area contributed by atoms with Crippen LogP contribution in [0.2, 0.25) is 0 Å². The third-order valence-corrected chi connectivity index (χ3v) is 6.24. The molecule has 0 radical (unpaired) electrons. The Labute approximate surface area is 232 Å². The maximum absolute atomic E-state index is 12.8. The summed E-state index contributed by atoms with van der Waals surface area (Å²) in [6.07, 6.45) is 1.36. The topological polar surface area (TPSA) is 103 Å². The van der Waals surface area contributed by atoms with Crippen molar-refractivity contribution in [1.29, 1.82) is 0 Å². The molecule has 2 heterocycles. The molecule has 0 aliphatic heterocycles. The van der Waals surface area contributed by atoms with Crippen LogP contribution in [0.15, 0.2) is 84.9 Å². The molecule has 5 rings (SSSR count). The number of rotatable bonds is 9. The van der Waals surface area contributed by atoms with Gasteiger partial charge < -0.3 is 9.47 Å². The van der Waals surface area contributed by atoms with Gasteiger partial charge in [-0.3, -0.25) is 4.98 Å². The molecular weight excluding hydrogens is 514 g/mol. The minimum absolute atomic E-state index is 0. The summed E-state index contributed by atoms with van der Waals surface area (Å²) in [6, 6.07) is 27.9. The average Bonchev–Trinajstić information content (AvgIpc) is 3.50. The zero-order valence-electron chi connectivity index (χ0n) is 21.6. The number of nitrogens with zero attached hydrogens (tertiary/aromatic N) is 4. The van der Waals surface area contributed by atoms with Crippen LogP contribution in [0.5, 0.6) is 5.75 Å². The van der Waals surface area contributed by atoms with Gasteiger partial charge in [-0.1, -0.05) is 78.9 Å². The van der Waals surface area contributed by atoms with E-state index in [9.17, 15) is 4.79 Å². The van der Waals surface area contributed by atoms with E-state index < -0.39 is 5.97 Å². The van der Waals surface area contributed by atoms with Crippen molar-refractivity contribution < 1.29 is 14.3 Å². The molecule has 0 amide bonds. The molecule has 0 spiro atoms.